The minimum absolute atomic E-state index is 0.0206. The van der Waals surface area contributed by atoms with Crippen molar-refractivity contribution in [1.29, 1.82) is 0 Å². The lowest BCUT2D eigenvalue weighted by molar-refractivity contribution is 0.0763. The molecule has 0 bridgehead atoms. The molecule has 6 heteroatoms. The quantitative estimate of drug-likeness (QED) is 0.865. The van der Waals surface area contributed by atoms with E-state index in [0.717, 1.165) is 37.4 Å². The number of pyridine rings is 2. The van der Waals surface area contributed by atoms with Gasteiger partial charge in [-0.05, 0) is 37.6 Å². The van der Waals surface area contributed by atoms with Crippen molar-refractivity contribution >= 4 is 11.6 Å². The molecule has 126 valence electrons. The van der Waals surface area contributed by atoms with Gasteiger partial charge in [0.2, 0.25) is 5.88 Å². The molecule has 0 atom stereocenters. The molecule has 1 amide bonds. The number of ether oxygens (including phenoxy) is 1. The highest BCUT2D eigenvalue weighted by molar-refractivity contribution is 5.96. The number of aryl methyl sites for hydroxylation is 1. The number of nitrogens with zero attached hydrogens (tertiary/aromatic N) is 4. The summed E-state index contributed by atoms with van der Waals surface area (Å²) in [6.45, 7) is 5.14. The Kier molecular flexibility index (Phi) is 4.93. The van der Waals surface area contributed by atoms with Crippen LogP contribution in [-0.4, -0.2) is 54.1 Å². The molecule has 2 aromatic rings. The van der Waals surface area contributed by atoms with Gasteiger partial charge in [-0.1, -0.05) is 0 Å². The van der Waals surface area contributed by atoms with Gasteiger partial charge < -0.3 is 14.5 Å². The van der Waals surface area contributed by atoms with E-state index in [-0.39, 0.29) is 5.91 Å². The Bertz CT molecular complexity index is 720. The van der Waals surface area contributed by atoms with Gasteiger partial charge in [-0.15, -0.1) is 0 Å². The molecule has 6 nitrogen and oxygen atoms in total. The van der Waals surface area contributed by atoms with Gasteiger partial charge in [0.25, 0.3) is 5.91 Å². The number of hydrogen-bond donors (Lipinski definition) is 0. The van der Waals surface area contributed by atoms with Gasteiger partial charge in [-0.3, -0.25) is 9.78 Å². The number of carbonyl (C=O) groups is 1. The number of rotatable bonds is 3. The van der Waals surface area contributed by atoms with Gasteiger partial charge in [0, 0.05) is 50.0 Å². The molecule has 0 N–H and O–H groups in total. The first kappa shape index (κ1) is 16.2. The first-order valence-corrected chi connectivity index (χ1v) is 8.15. The average molecular weight is 326 g/mol. The van der Waals surface area contributed by atoms with Crippen molar-refractivity contribution in [2.45, 2.75) is 13.3 Å². The Morgan fingerprint density at radius 1 is 1.12 bits per heavy atom. The van der Waals surface area contributed by atoms with Crippen molar-refractivity contribution in [3.05, 3.63) is 47.9 Å². The van der Waals surface area contributed by atoms with Crippen molar-refractivity contribution in [2.75, 3.05) is 38.2 Å². The second-order valence-corrected chi connectivity index (χ2v) is 5.85. The van der Waals surface area contributed by atoms with Crippen LogP contribution in [0, 0.1) is 6.92 Å². The van der Waals surface area contributed by atoms with E-state index < -0.39 is 0 Å². The molecule has 0 spiro atoms. The summed E-state index contributed by atoms with van der Waals surface area (Å²) in [5.41, 5.74) is 2.69. The fourth-order valence-electron chi connectivity index (χ4n) is 2.99. The van der Waals surface area contributed by atoms with Crippen molar-refractivity contribution in [2.24, 2.45) is 0 Å². The Balaban J connectivity index is 1.72. The summed E-state index contributed by atoms with van der Waals surface area (Å²) in [7, 11) is 1.54. The van der Waals surface area contributed by atoms with Crippen molar-refractivity contribution in [3.8, 4) is 5.88 Å². The van der Waals surface area contributed by atoms with Gasteiger partial charge in [0.05, 0.1) is 7.11 Å². The number of methoxy groups -OCH3 is 1. The maximum atomic E-state index is 12.8. The van der Waals surface area contributed by atoms with E-state index in [2.05, 4.69) is 20.9 Å². The number of carbonyl (C=O) groups excluding carboxylic acids is 1. The van der Waals surface area contributed by atoms with Crippen molar-refractivity contribution in [1.82, 2.24) is 14.9 Å². The summed E-state index contributed by atoms with van der Waals surface area (Å²) < 4.78 is 5.22. The highest BCUT2D eigenvalue weighted by atomic mass is 16.5. The maximum absolute atomic E-state index is 12.8. The van der Waals surface area contributed by atoms with E-state index in [9.17, 15) is 4.79 Å². The van der Waals surface area contributed by atoms with E-state index in [0.29, 0.717) is 18.0 Å². The summed E-state index contributed by atoms with van der Waals surface area (Å²) >= 11 is 0. The molecule has 3 heterocycles. The monoisotopic (exact) mass is 326 g/mol. The summed E-state index contributed by atoms with van der Waals surface area (Å²) in [6, 6.07) is 7.64. The third-order valence-electron chi connectivity index (χ3n) is 4.22. The zero-order valence-corrected chi connectivity index (χ0v) is 14.1. The Morgan fingerprint density at radius 3 is 2.79 bits per heavy atom. The summed E-state index contributed by atoms with van der Waals surface area (Å²) in [5.74, 6) is 0.362. The van der Waals surface area contributed by atoms with Crippen LogP contribution >= 0.6 is 0 Å². The number of amides is 1. The standard InChI is InChI=1S/C18H22N4O2/c1-14-13-15(6-8-19-14)21-9-4-10-22(12-11-21)18(23)16-5-3-7-20-17(16)24-2/h3,5-8,13H,4,9-12H2,1-2H3. The van der Waals surface area contributed by atoms with E-state index >= 15 is 0 Å². The number of anilines is 1. The van der Waals surface area contributed by atoms with Gasteiger partial charge in [-0.25, -0.2) is 4.98 Å². The smallest absolute Gasteiger partial charge is 0.259 e. The van der Waals surface area contributed by atoms with Gasteiger partial charge in [0.1, 0.15) is 5.56 Å². The topological polar surface area (TPSA) is 58.6 Å². The first-order valence-electron chi connectivity index (χ1n) is 8.15. The third kappa shape index (κ3) is 3.48. The van der Waals surface area contributed by atoms with Crippen LogP contribution in [0.25, 0.3) is 0 Å². The molecule has 1 aliphatic heterocycles. The van der Waals surface area contributed by atoms with Crippen molar-refractivity contribution < 1.29 is 9.53 Å². The predicted molar refractivity (Wildman–Crippen MR) is 92.5 cm³/mol. The van der Waals surface area contributed by atoms with Crippen LogP contribution < -0.4 is 9.64 Å². The number of hydrogen-bond acceptors (Lipinski definition) is 5. The largest absolute Gasteiger partial charge is 0.480 e. The van der Waals surface area contributed by atoms with Crippen molar-refractivity contribution in [3.63, 3.8) is 0 Å². The van der Waals surface area contributed by atoms with E-state index in [1.165, 1.54) is 7.11 Å². The van der Waals surface area contributed by atoms with E-state index in [4.69, 9.17) is 4.74 Å². The molecule has 1 aliphatic rings. The lowest BCUT2D eigenvalue weighted by Crippen LogP contribution is -2.35. The van der Waals surface area contributed by atoms with Gasteiger partial charge in [-0.2, -0.15) is 0 Å². The summed E-state index contributed by atoms with van der Waals surface area (Å²) in [6.07, 6.45) is 4.39. The fraction of sp³-hybridized carbons (Fsp3) is 0.389. The van der Waals surface area contributed by atoms with Gasteiger partial charge in [0.15, 0.2) is 0 Å². The SMILES string of the molecule is COc1ncccc1C(=O)N1CCCN(c2ccnc(C)c2)CC1. The molecule has 0 saturated carbocycles. The molecule has 24 heavy (non-hydrogen) atoms. The summed E-state index contributed by atoms with van der Waals surface area (Å²) in [4.78, 5) is 25.4. The zero-order chi connectivity index (χ0) is 16.9. The van der Waals surface area contributed by atoms with Crippen LogP contribution in [0.5, 0.6) is 5.88 Å². The van der Waals surface area contributed by atoms with Crippen LogP contribution in [0.2, 0.25) is 0 Å². The van der Waals surface area contributed by atoms with E-state index in [1.54, 1.807) is 18.3 Å². The minimum Gasteiger partial charge on any atom is -0.480 e. The normalized spacial score (nSPS) is 15.1. The van der Waals surface area contributed by atoms with E-state index in [1.807, 2.05) is 24.1 Å². The highest BCUT2D eigenvalue weighted by Crippen LogP contribution is 2.20. The average Bonchev–Trinajstić information content (AvgIpc) is 2.87. The Morgan fingerprint density at radius 2 is 2.00 bits per heavy atom. The van der Waals surface area contributed by atoms with Crippen LogP contribution in [-0.2, 0) is 0 Å². The maximum Gasteiger partial charge on any atom is 0.259 e. The molecule has 2 aromatic heterocycles. The third-order valence-corrected chi connectivity index (χ3v) is 4.22. The zero-order valence-electron chi connectivity index (χ0n) is 14.1. The second-order valence-electron chi connectivity index (χ2n) is 5.85. The van der Waals surface area contributed by atoms with Crippen LogP contribution in [0.4, 0.5) is 5.69 Å². The lowest BCUT2D eigenvalue weighted by atomic mass is 10.2. The minimum atomic E-state index is -0.0206. The Labute approximate surface area is 142 Å². The summed E-state index contributed by atoms with van der Waals surface area (Å²) in [5, 5.41) is 0. The predicted octanol–water partition coefficient (Wildman–Crippen LogP) is 2.15. The number of aromatic nitrogens is 2. The molecule has 3 rings (SSSR count). The lowest BCUT2D eigenvalue weighted by Gasteiger charge is -2.24. The molecule has 0 radical (unpaired) electrons. The molecule has 1 saturated heterocycles. The van der Waals surface area contributed by atoms with Gasteiger partial charge >= 0.3 is 0 Å². The molecular formula is C18H22N4O2. The van der Waals surface area contributed by atoms with Crippen LogP contribution in [0.15, 0.2) is 36.7 Å². The first-order chi connectivity index (χ1) is 11.7. The van der Waals surface area contributed by atoms with Crippen LogP contribution in [0.1, 0.15) is 22.5 Å². The molecule has 0 aliphatic carbocycles. The second kappa shape index (κ2) is 7.29. The highest BCUT2D eigenvalue weighted by Gasteiger charge is 2.23. The fourth-order valence-corrected chi connectivity index (χ4v) is 2.99. The van der Waals surface area contributed by atoms with Crippen LogP contribution in [0.3, 0.4) is 0 Å². The molecule has 1 fully saturated rings. The molecule has 0 unspecified atom stereocenters. The molecular weight excluding hydrogens is 304 g/mol. The Hall–Kier alpha value is -2.63. The molecule has 0 aromatic carbocycles.